The summed E-state index contributed by atoms with van der Waals surface area (Å²) in [6.45, 7) is 4.28. The highest BCUT2D eigenvalue weighted by Crippen LogP contribution is 2.42. The van der Waals surface area contributed by atoms with Crippen molar-refractivity contribution in [3.8, 4) is 0 Å². The molecule has 0 bridgehead atoms. The minimum atomic E-state index is 1.05. The molecule has 0 unspecified atom stereocenters. The molecule has 1 nitrogen and oxygen atoms in total. The minimum Gasteiger partial charge on any atom is -0.355 e. The molecule has 5 rings (SSSR count). The van der Waals surface area contributed by atoms with Crippen LogP contribution in [-0.2, 0) is 0 Å². The second-order valence-electron chi connectivity index (χ2n) is 6.23. The van der Waals surface area contributed by atoms with Crippen molar-refractivity contribution in [1.82, 2.24) is 4.98 Å². The number of allylic oxidation sites excluding steroid dienone is 10. The van der Waals surface area contributed by atoms with Gasteiger partial charge in [0.1, 0.15) is 0 Å². The van der Waals surface area contributed by atoms with Crippen molar-refractivity contribution in [2.75, 3.05) is 0 Å². The standard InChI is InChI=1S/C20H17N/c1-12-19-16-7-3-5-14(16)9-8-13-4-2-6-15(13)17-10-11-18(21-12)20(17)19/h2-5,10-11,21H,1,6-9H2. The highest BCUT2D eigenvalue weighted by Gasteiger charge is 2.27. The molecule has 1 aromatic heterocycles. The van der Waals surface area contributed by atoms with Gasteiger partial charge in [0.2, 0.25) is 0 Å². The first kappa shape index (κ1) is 11.4. The molecule has 1 aromatic rings. The third-order valence-electron chi connectivity index (χ3n) is 5.14. The van der Waals surface area contributed by atoms with E-state index in [-0.39, 0.29) is 0 Å². The van der Waals surface area contributed by atoms with Crippen LogP contribution in [0.25, 0.3) is 23.8 Å². The van der Waals surface area contributed by atoms with E-state index in [9.17, 15) is 0 Å². The molecule has 0 aromatic carbocycles. The number of hydrogen-bond donors (Lipinski definition) is 1. The van der Waals surface area contributed by atoms with Crippen molar-refractivity contribution in [2.24, 2.45) is 0 Å². The maximum Gasteiger partial charge on any atom is 0.0471 e. The molecule has 0 saturated heterocycles. The van der Waals surface area contributed by atoms with Gasteiger partial charge in [-0.25, -0.2) is 0 Å². The Balaban J connectivity index is 1.87. The Morgan fingerprint density at radius 2 is 1.57 bits per heavy atom. The highest BCUT2D eigenvalue weighted by atomic mass is 14.7. The lowest BCUT2D eigenvalue weighted by molar-refractivity contribution is 0.970. The molecule has 0 spiro atoms. The van der Waals surface area contributed by atoms with Crippen molar-refractivity contribution in [2.45, 2.75) is 25.7 Å². The zero-order valence-electron chi connectivity index (χ0n) is 12.0. The molecule has 0 saturated carbocycles. The van der Waals surface area contributed by atoms with Crippen LogP contribution in [0.4, 0.5) is 0 Å². The largest absolute Gasteiger partial charge is 0.355 e. The van der Waals surface area contributed by atoms with Gasteiger partial charge < -0.3 is 4.98 Å². The van der Waals surface area contributed by atoms with Gasteiger partial charge in [0.05, 0.1) is 0 Å². The predicted octanol–water partition coefficient (Wildman–Crippen LogP) is 3.37. The first-order valence-electron chi connectivity index (χ1n) is 7.74. The molecule has 0 atom stereocenters. The predicted molar refractivity (Wildman–Crippen MR) is 88.7 cm³/mol. The van der Waals surface area contributed by atoms with E-state index >= 15 is 0 Å². The summed E-state index contributed by atoms with van der Waals surface area (Å²) in [4.78, 5) is 3.49. The van der Waals surface area contributed by atoms with Crippen LogP contribution in [0.5, 0.6) is 0 Å². The normalized spacial score (nSPS) is 21.6. The Kier molecular flexibility index (Phi) is 2.11. The van der Waals surface area contributed by atoms with Gasteiger partial charge in [-0.05, 0) is 59.6 Å². The van der Waals surface area contributed by atoms with E-state index in [0.29, 0.717) is 0 Å². The van der Waals surface area contributed by atoms with Crippen LogP contribution >= 0.6 is 0 Å². The monoisotopic (exact) mass is 271 g/mol. The summed E-state index contributed by atoms with van der Waals surface area (Å²) in [6.07, 6.45) is 18.2. The number of hydrogen-bond acceptors (Lipinski definition) is 0. The first-order chi connectivity index (χ1) is 10.3. The molecule has 4 aliphatic rings. The van der Waals surface area contributed by atoms with E-state index in [1.807, 2.05) is 0 Å². The van der Waals surface area contributed by atoms with Gasteiger partial charge in [-0.2, -0.15) is 0 Å². The number of H-pyrrole nitrogens is 1. The Morgan fingerprint density at radius 1 is 0.857 bits per heavy atom. The lowest BCUT2D eigenvalue weighted by Crippen LogP contribution is -2.08. The maximum atomic E-state index is 4.28. The molecule has 0 aliphatic heterocycles. The Bertz CT molecular complexity index is 939. The zero-order valence-corrected chi connectivity index (χ0v) is 12.0. The molecule has 0 amide bonds. The van der Waals surface area contributed by atoms with Crippen molar-refractivity contribution < 1.29 is 0 Å². The molecule has 102 valence electrons. The third-order valence-corrected chi connectivity index (χ3v) is 5.14. The summed E-state index contributed by atoms with van der Waals surface area (Å²) in [5, 5.41) is 2.32. The second kappa shape index (κ2) is 3.88. The quantitative estimate of drug-likeness (QED) is 0.744. The molecular formula is C20H17N. The van der Waals surface area contributed by atoms with E-state index in [1.54, 1.807) is 0 Å². The van der Waals surface area contributed by atoms with Crippen LogP contribution in [-0.4, -0.2) is 4.98 Å². The number of aromatic amines is 1. The van der Waals surface area contributed by atoms with Crippen LogP contribution in [0.15, 0.2) is 47.1 Å². The summed E-state index contributed by atoms with van der Waals surface area (Å²) in [5.41, 5.74) is 10.2. The molecule has 1 heterocycles. The summed E-state index contributed by atoms with van der Waals surface area (Å²) < 4.78 is 0. The summed E-state index contributed by atoms with van der Waals surface area (Å²) in [7, 11) is 0. The number of aromatic nitrogens is 1. The fourth-order valence-electron chi connectivity index (χ4n) is 4.20. The fourth-order valence-corrected chi connectivity index (χ4v) is 4.20. The van der Waals surface area contributed by atoms with Gasteiger partial charge in [-0.15, -0.1) is 0 Å². The lowest BCUT2D eigenvalue weighted by atomic mass is 9.92. The third kappa shape index (κ3) is 1.41. The van der Waals surface area contributed by atoms with E-state index in [4.69, 9.17) is 0 Å². The lowest BCUT2D eigenvalue weighted by Gasteiger charge is -2.10. The summed E-state index contributed by atoms with van der Waals surface area (Å²) in [6, 6.07) is 0. The van der Waals surface area contributed by atoms with Gasteiger partial charge in [-0.3, -0.25) is 0 Å². The maximum absolute atomic E-state index is 4.28. The average Bonchev–Trinajstić information content (AvgIpc) is 3.16. The number of nitrogens with one attached hydrogen (secondary N) is 1. The molecule has 4 aliphatic carbocycles. The molecule has 0 fully saturated rings. The van der Waals surface area contributed by atoms with Crippen LogP contribution in [0.1, 0.15) is 36.8 Å². The van der Waals surface area contributed by atoms with E-state index in [0.717, 1.165) is 31.0 Å². The smallest absolute Gasteiger partial charge is 0.0471 e. The van der Waals surface area contributed by atoms with Crippen LogP contribution < -0.4 is 10.7 Å². The van der Waals surface area contributed by atoms with Gasteiger partial charge in [0.25, 0.3) is 0 Å². The van der Waals surface area contributed by atoms with Gasteiger partial charge >= 0.3 is 0 Å². The van der Waals surface area contributed by atoms with E-state index in [2.05, 4.69) is 48.0 Å². The summed E-state index contributed by atoms with van der Waals surface area (Å²) >= 11 is 0. The van der Waals surface area contributed by atoms with Crippen LogP contribution in [0.2, 0.25) is 0 Å². The van der Waals surface area contributed by atoms with Crippen molar-refractivity contribution in [3.63, 3.8) is 0 Å². The van der Waals surface area contributed by atoms with Gasteiger partial charge in [0.15, 0.2) is 0 Å². The molecule has 0 radical (unpaired) electrons. The number of fused-ring (bicyclic) bond motifs is 2. The average molecular weight is 271 g/mol. The molecule has 1 heteroatoms. The number of rotatable bonds is 0. The van der Waals surface area contributed by atoms with Crippen molar-refractivity contribution in [3.05, 3.63) is 68.9 Å². The first-order valence-corrected chi connectivity index (χ1v) is 7.74. The van der Waals surface area contributed by atoms with Gasteiger partial charge in [0, 0.05) is 21.8 Å². The fraction of sp³-hybridized carbons (Fsp3) is 0.200. The topological polar surface area (TPSA) is 15.8 Å². The summed E-state index contributed by atoms with van der Waals surface area (Å²) in [5.74, 6) is 0. The van der Waals surface area contributed by atoms with Gasteiger partial charge in [-0.1, -0.05) is 37.0 Å². The molecule has 1 N–H and O–H groups in total. The SMILES string of the molecule is C=c1[nH]c2c3c1C1=C(C=CC1)CCC1=C(CC=C1)C3=CC=2. The van der Waals surface area contributed by atoms with Crippen LogP contribution in [0, 0.1) is 0 Å². The Labute approximate surface area is 124 Å². The minimum absolute atomic E-state index is 1.05. The second-order valence-corrected chi connectivity index (χ2v) is 6.23. The highest BCUT2D eigenvalue weighted by molar-refractivity contribution is 5.95. The van der Waals surface area contributed by atoms with Crippen LogP contribution in [0.3, 0.4) is 0 Å². The Hall–Kier alpha value is -2.28. The molecular weight excluding hydrogens is 254 g/mol. The van der Waals surface area contributed by atoms with Crippen molar-refractivity contribution >= 4 is 23.8 Å². The molecule has 21 heavy (non-hydrogen) atoms. The van der Waals surface area contributed by atoms with Crippen molar-refractivity contribution in [1.29, 1.82) is 0 Å². The Morgan fingerprint density at radius 3 is 2.38 bits per heavy atom. The van der Waals surface area contributed by atoms with E-state index < -0.39 is 0 Å². The zero-order chi connectivity index (χ0) is 14.0. The van der Waals surface area contributed by atoms with E-state index in [1.165, 1.54) is 44.3 Å².